The number of methoxy groups -OCH3 is 1. The molecule has 2 heterocycles. The first kappa shape index (κ1) is 26.1. The molecule has 0 bridgehead atoms. The highest BCUT2D eigenvalue weighted by Crippen LogP contribution is 2.19. The number of aryl methyl sites for hydroxylation is 1. The van der Waals surface area contributed by atoms with Crippen LogP contribution in [0.3, 0.4) is 0 Å². The topological polar surface area (TPSA) is 168 Å². The van der Waals surface area contributed by atoms with Crippen LogP contribution in [0, 0.1) is 10.1 Å². The van der Waals surface area contributed by atoms with Gasteiger partial charge in [-0.3, -0.25) is 24.0 Å². The van der Waals surface area contributed by atoms with E-state index >= 15 is 0 Å². The number of nitrogens with zero attached hydrogens (tertiary/aromatic N) is 6. The maximum absolute atomic E-state index is 13.0. The Balaban J connectivity index is 1.61. The fraction of sp³-hybridized carbons (Fsp3) is 0.250. The molecule has 0 aliphatic heterocycles. The Hall–Kier alpha value is -4.98. The van der Waals surface area contributed by atoms with Gasteiger partial charge in [0.1, 0.15) is 24.2 Å². The summed E-state index contributed by atoms with van der Waals surface area (Å²) >= 11 is 0. The summed E-state index contributed by atoms with van der Waals surface area (Å²) < 4.78 is 14.4. The highest BCUT2D eigenvalue weighted by atomic mass is 16.6. The maximum Gasteiger partial charge on any atom is 0.332 e. The molecule has 0 amide bonds. The van der Waals surface area contributed by atoms with Crippen molar-refractivity contribution in [2.45, 2.75) is 12.6 Å². The van der Waals surface area contributed by atoms with Gasteiger partial charge in [0.2, 0.25) is 5.95 Å². The van der Waals surface area contributed by atoms with Crippen LogP contribution in [0.2, 0.25) is 0 Å². The van der Waals surface area contributed by atoms with Gasteiger partial charge in [-0.1, -0.05) is 0 Å². The highest BCUT2D eigenvalue weighted by molar-refractivity contribution is 5.81. The Labute approximate surface area is 215 Å². The van der Waals surface area contributed by atoms with E-state index in [1.165, 1.54) is 53.7 Å². The summed E-state index contributed by atoms with van der Waals surface area (Å²) in [5.74, 6) is 1.28. The van der Waals surface area contributed by atoms with E-state index in [4.69, 9.17) is 9.47 Å². The molecular weight excluding hydrogens is 498 g/mol. The van der Waals surface area contributed by atoms with E-state index in [2.05, 4.69) is 15.5 Å². The number of nitro benzene ring substituents is 1. The van der Waals surface area contributed by atoms with Crippen LogP contribution >= 0.6 is 0 Å². The lowest BCUT2D eigenvalue weighted by Gasteiger charge is -2.15. The van der Waals surface area contributed by atoms with Crippen LogP contribution in [0.15, 0.2) is 63.2 Å². The first-order chi connectivity index (χ1) is 18.2. The number of imidazole rings is 1. The van der Waals surface area contributed by atoms with Crippen LogP contribution < -0.4 is 26.1 Å². The van der Waals surface area contributed by atoms with Crippen LogP contribution in [0.25, 0.3) is 11.2 Å². The number of fused-ring (bicyclic) bond motifs is 1. The van der Waals surface area contributed by atoms with Crippen molar-refractivity contribution in [2.24, 2.45) is 19.2 Å². The Morgan fingerprint density at radius 3 is 2.39 bits per heavy atom. The summed E-state index contributed by atoms with van der Waals surface area (Å²) in [6.07, 6.45) is 0.351. The fourth-order valence-corrected chi connectivity index (χ4v) is 3.68. The zero-order valence-corrected chi connectivity index (χ0v) is 20.8. The second kappa shape index (κ2) is 11.0. The Bertz CT molecular complexity index is 1600. The summed E-state index contributed by atoms with van der Waals surface area (Å²) in [5, 5.41) is 25.7. The Kier molecular flexibility index (Phi) is 7.53. The predicted octanol–water partition coefficient (Wildman–Crippen LogP) is 1.24. The third-order valence-electron chi connectivity index (χ3n) is 5.73. The van der Waals surface area contributed by atoms with Gasteiger partial charge in [-0.15, -0.1) is 0 Å². The number of aliphatic hydroxyl groups excluding tert-OH is 1. The monoisotopic (exact) mass is 523 g/mol. The molecule has 0 saturated carbocycles. The van der Waals surface area contributed by atoms with E-state index in [1.807, 2.05) is 0 Å². The number of rotatable bonds is 10. The lowest BCUT2D eigenvalue weighted by Crippen LogP contribution is -2.38. The SMILES string of the molecule is COc1ccc(OC[C@H](O)Cn2c(N/N=C\c3ccc([N+](=O)[O-])cc3)nc3c2c(=O)n(C)c(=O)n3C)cc1. The lowest BCUT2D eigenvalue weighted by atomic mass is 10.2. The van der Waals surface area contributed by atoms with Crippen LogP contribution in [0.1, 0.15) is 5.56 Å². The molecule has 0 fully saturated rings. The van der Waals surface area contributed by atoms with Crippen molar-refractivity contribution in [3.8, 4) is 11.5 Å². The molecule has 14 nitrogen and oxygen atoms in total. The number of non-ortho nitro benzene ring substituents is 1. The molecule has 0 aliphatic carbocycles. The summed E-state index contributed by atoms with van der Waals surface area (Å²) in [4.78, 5) is 40.1. The molecule has 4 aromatic rings. The number of aliphatic hydroxyl groups is 1. The van der Waals surface area contributed by atoms with E-state index in [-0.39, 0.29) is 36.0 Å². The number of benzene rings is 2. The van der Waals surface area contributed by atoms with Crippen molar-refractivity contribution in [1.29, 1.82) is 0 Å². The van der Waals surface area contributed by atoms with Gasteiger partial charge in [0.05, 0.1) is 24.8 Å². The van der Waals surface area contributed by atoms with E-state index < -0.39 is 22.3 Å². The number of hydrogen-bond acceptors (Lipinski definition) is 10. The van der Waals surface area contributed by atoms with E-state index in [9.17, 15) is 24.8 Å². The second-order valence-corrected chi connectivity index (χ2v) is 8.28. The van der Waals surface area contributed by atoms with Gasteiger partial charge in [0.15, 0.2) is 11.2 Å². The molecule has 0 aliphatic rings. The van der Waals surface area contributed by atoms with Gasteiger partial charge in [0.25, 0.3) is 11.2 Å². The molecule has 0 spiro atoms. The number of aromatic nitrogens is 4. The summed E-state index contributed by atoms with van der Waals surface area (Å²) in [7, 11) is 4.38. The fourth-order valence-electron chi connectivity index (χ4n) is 3.68. The molecule has 0 unspecified atom stereocenters. The van der Waals surface area contributed by atoms with Gasteiger partial charge < -0.3 is 19.1 Å². The standard InChI is InChI=1S/C24H25N7O7/c1-28-21-20(22(33)29(2)24(28)34)30(13-17(32)14-38-19-10-8-18(37-3)9-11-19)23(26-21)27-25-12-15-4-6-16(7-5-15)31(35)36/h4-12,17,32H,13-14H2,1-3H3,(H,26,27)/b25-12-/t17-/m1/s1. The van der Waals surface area contributed by atoms with Gasteiger partial charge in [-0.25, -0.2) is 10.2 Å². The first-order valence-corrected chi connectivity index (χ1v) is 11.3. The Morgan fingerprint density at radius 2 is 1.76 bits per heavy atom. The van der Waals surface area contributed by atoms with Gasteiger partial charge in [-0.05, 0) is 42.0 Å². The molecule has 14 heteroatoms. The minimum atomic E-state index is -1.06. The van der Waals surface area contributed by atoms with Gasteiger partial charge >= 0.3 is 5.69 Å². The number of hydrogen-bond donors (Lipinski definition) is 2. The largest absolute Gasteiger partial charge is 0.497 e. The Morgan fingerprint density at radius 1 is 1.11 bits per heavy atom. The minimum absolute atomic E-state index is 0.0560. The normalized spacial score (nSPS) is 12.1. The molecule has 2 aromatic carbocycles. The molecule has 198 valence electrons. The van der Waals surface area contributed by atoms with Crippen molar-refractivity contribution in [1.82, 2.24) is 18.7 Å². The van der Waals surface area contributed by atoms with Crippen molar-refractivity contribution < 1.29 is 19.5 Å². The van der Waals surface area contributed by atoms with Crippen molar-refractivity contribution in [3.63, 3.8) is 0 Å². The van der Waals surface area contributed by atoms with Gasteiger partial charge in [-0.2, -0.15) is 10.1 Å². The third kappa shape index (κ3) is 5.39. The molecule has 4 rings (SSSR count). The smallest absolute Gasteiger partial charge is 0.332 e. The molecule has 1 atom stereocenters. The minimum Gasteiger partial charge on any atom is -0.497 e. The number of anilines is 1. The van der Waals surface area contributed by atoms with Crippen molar-refractivity contribution in [2.75, 3.05) is 19.1 Å². The zero-order valence-electron chi connectivity index (χ0n) is 20.8. The number of nitro groups is 1. The number of hydrazone groups is 1. The molecular formula is C24H25N7O7. The lowest BCUT2D eigenvalue weighted by molar-refractivity contribution is -0.384. The zero-order chi connectivity index (χ0) is 27.4. The summed E-state index contributed by atoms with van der Waals surface area (Å²) in [5.41, 5.74) is 2.29. The summed E-state index contributed by atoms with van der Waals surface area (Å²) in [6, 6.07) is 12.6. The van der Waals surface area contributed by atoms with E-state index in [0.717, 1.165) is 4.57 Å². The number of nitrogens with one attached hydrogen (secondary N) is 1. The van der Waals surface area contributed by atoms with Crippen LogP contribution in [-0.2, 0) is 20.6 Å². The van der Waals surface area contributed by atoms with Crippen LogP contribution in [0.5, 0.6) is 11.5 Å². The summed E-state index contributed by atoms with van der Waals surface area (Å²) in [6.45, 7) is -0.195. The quantitative estimate of drug-likeness (QED) is 0.176. The van der Waals surface area contributed by atoms with Crippen molar-refractivity contribution in [3.05, 3.63) is 85.0 Å². The van der Waals surface area contributed by atoms with Gasteiger partial charge in [0, 0.05) is 26.2 Å². The highest BCUT2D eigenvalue weighted by Gasteiger charge is 2.21. The molecule has 38 heavy (non-hydrogen) atoms. The van der Waals surface area contributed by atoms with Crippen LogP contribution in [-0.4, -0.2) is 54.8 Å². The second-order valence-electron chi connectivity index (χ2n) is 8.28. The molecule has 2 aromatic heterocycles. The number of ether oxygens (including phenoxy) is 2. The van der Waals surface area contributed by atoms with Crippen molar-refractivity contribution >= 4 is 29.0 Å². The average Bonchev–Trinajstić information content (AvgIpc) is 3.28. The average molecular weight is 524 g/mol. The molecule has 0 radical (unpaired) electrons. The maximum atomic E-state index is 13.0. The first-order valence-electron chi connectivity index (χ1n) is 11.3. The molecule has 0 saturated heterocycles. The van der Waals surface area contributed by atoms with E-state index in [1.54, 1.807) is 31.4 Å². The third-order valence-corrected chi connectivity index (χ3v) is 5.73. The van der Waals surface area contributed by atoms with E-state index in [0.29, 0.717) is 17.1 Å². The predicted molar refractivity (Wildman–Crippen MR) is 139 cm³/mol. The van der Waals surface area contributed by atoms with Crippen LogP contribution in [0.4, 0.5) is 11.6 Å². The molecule has 2 N–H and O–H groups in total.